The number of halogens is 2. The lowest BCUT2D eigenvalue weighted by atomic mass is 10.0. The SMILES string of the molecule is CCS(=O)(=O)N1CC(CNc2ccc3c(Cl)ccc(Cl)c3n2)C1. The van der Waals surface area contributed by atoms with Crippen LogP contribution in [-0.2, 0) is 10.0 Å². The highest BCUT2D eigenvalue weighted by molar-refractivity contribution is 7.89. The average molecular weight is 374 g/mol. The highest BCUT2D eigenvalue weighted by Crippen LogP contribution is 2.29. The van der Waals surface area contributed by atoms with Crippen molar-refractivity contribution < 1.29 is 8.42 Å². The van der Waals surface area contributed by atoms with Crippen LogP contribution in [0.15, 0.2) is 24.3 Å². The van der Waals surface area contributed by atoms with Gasteiger partial charge in [-0.1, -0.05) is 23.2 Å². The number of hydrogen-bond acceptors (Lipinski definition) is 4. The van der Waals surface area contributed by atoms with E-state index in [1.54, 1.807) is 19.1 Å². The van der Waals surface area contributed by atoms with Gasteiger partial charge in [0.25, 0.3) is 0 Å². The van der Waals surface area contributed by atoms with Crippen LogP contribution in [-0.4, -0.2) is 43.1 Å². The topological polar surface area (TPSA) is 62.3 Å². The molecule has 0 spiro atoms. The maximum Gasteiger partial charge on any atom is 0.213 e. The number of benzene rings is 1. The van der Waals surface area contributed by atoms with Crippen LogP contribution >= 0.6 is 23.2 Å². The van der Waals surface area contributed by atoms with Crippen LogP contribution in [0.5, 0.6) is 0 Å². The van der Waals surface area contributed by atoms with Crippen LogP contribution in [0.1, 0.15) is 6.92 Å². The van der Waals surface area contributed by atoms with Gasteiger partial charge in [-0.2, -0.15) is 0 Å². The molecule has 1 aromatic heterocycles. The third-order valence-electron chi connectivity index (χ3n) is 4.01. The van der Waals surface area contributed by atoms with E-state index in [4.69, 9.17) is 23.2 Å². The molecule has 0 saturated carbocycles. The van der Waals surface area contributed by atoms with Crippen molar-refractivity contribution in [1.82, 2.24) is 9.29 Å². The summed E-state index contributed by atoms with van der Waals surface area (Å²) in [5, 5.41) is 5.22. The molecule has 1 N–H and O–H groups in total. The molecule has 5 nitrogen and oxygen atoms in total. The molecule has 0 atom stereocenters. The van der Waals surface area contributed by atoms with Crippen LogP contribution in [0, 0.1) is 5.92 Å². The van der Waals surface area contributed by atoms with Gasteiger partial charge in [-0.05, 0) is 31.2 Å². The predicted molar refractivity (Wildman–Crippen MR) is 94.8 cm³/mol. The first-order chi connectivity index (χ1) is 10.9. The lowest BCUT2D eigenvalue weighted by molar-refractivity contribution is 0.212. The van der Waals surface area contributed by atoms with Crippen LogP contribution in [0.2, 0.25) is 10.0 Å². The maximum absolute atomic E-state index is 11.7. The number of hydrogen-bond donors (Lipinski definition) is 1. The van der Waals surface area contributed by atoms with Crippen LogP contribution in [0.25, 0.3) is 10.9 Å². The third-order valence-corrected chi connectivity index (χ3v) is 6.46. The van der Waals surface area contributed by atoms with Crippen LogP contribution in [0.3, 0.4) is 0 Å². The smallest absolute Gasteiger partial charge is 0.213 e. The highest BCUT2D eigenvalue weighted by atomic mass is 35.5. The molecule has 8 heteroatoms. The van der Waals surface area contributed by atoms with E-state index in [2.05, 4.69) is 10.3 Å². The van der Waals surface area contributed by atoms with Crippen molar-refractivity contribution in [3.05, 3.63) is 34.3 Å². The fourth-order valence-electron chi connectivity index (χ4n) is 2.56. The second-order valence-corrected chi connectivity index (χ2v) is 8.66. The Balaban J connectivity index is 1.64. The first-order valence-corrected chi connectivity index (χ1v) is 9.73. The predicted octanol–water partition coefficient (Wildman–Crippen LogP) is 3.24. The molecule has 1 saturated heterocycles. The Bertz CT molecular complexity index is 836. The zero-order chi connectivity index (χ0) is 16.6. The van der Waals surface area contributed by atoms with Crippen molar-refractivity contribution in [2.24, 2.45) is 5.92 Å². The zero-order valence-corrected chi connectivity index (χ0v) is 14.9. The van der Waals surface area contributed by atoms with Crippen molar-refractivity contribution in [2.75, 3.05) is 30.7 Å². The lowest BCUT2D eigenvalue weighted by Crippen LogP contribution is -2.52. The largest absolute Gasteiger partial charge is 0.370 e. The summed E-state index contributed by atoms with van der Waals surface area (Å²) < 4.78 is 24.9. The van der Waals surface area contributed by atoms with Crippen LogP contribution < -0.4 is 5.32 Å². The van der Waals surface area contributed by atoms with Gasteiger partial charge in [0.05, 0.1) is 21.3 Å². The lowest BCUT2D eigenvalue weighted by Gasteiger charge is -2.38. The van der Waals surface area contributed by atoms with E-state index in [1.165, 1.54) is 4.31 Å². The van der Waals surface area contributed by atoms with Gasteiger partial charge in [0.2, 0.25) is 10.0 Å². The molecule has 1 fully saturated rings. The molecular formula is C15H17Cl2N3O2S. The minimum atomic E-state index is -3.06. The minimum Gasteiger partial charge on any atom is -0.370 e. The van der Waals surface area contributed by atoms with E-state index in [9.17, 15) is 8.42 Å². The summed E-state index contributed by atoms with van der Waals surface area (Å²) in [5.41, 5.74) is 0.660. The van der Waals surface area contributed by atoms with Gasteiger partial charge in [-0.25, -0.2) is 17.7 Å². The van der Waals surface area contributed by atoms with Crippen molar-refractivity contribution in [3.63, 3.8) is 0 Å². The molecule has 124 valence electrons. The molecule has 0 amide bonds. The van der Waals surface area contributed by atoms with Gasteiger partial charge in [0.15, 0.2) is 0 Å². The molecular weight excluding hydrogens is 357 g/mol. The summed E-state index contributed by atoms with van der Waals surface area (Å²) in [7, 11) is -3.06. The standard InChI is InChI=1S/C15H17Cl2N3O2S/c1-2-23(21,22)20-8-10(9-20)7-18-14-6-3-11-12(16)4-5-13(17)15(11)19-14/h3-6,10H,2,7-9H2,1H3,(H,18,19). The Morgan fingerprint density at radius 3 is 2.61 bits per heavy atom. The van der Waals surface area contributed by atoms with E-state index in [0.29, 0.717) is 46.9 Å². The number of sulfonamides is 1. The van der Waals surface area contributed by atoms with Crippen LogP contribution in [0.4, 0.5) is 5.82 Å². The van der Waals surface area contributed by atoms with Crippen molar-refractivity contribution in [2.45, 2.75) is 6.92 Å². The molecule has 1 aliphatic heterocycles. The molecule has 1 aromatic carbocycles. The summed E-state index contributed by atoms with van der Waals surface area (Å²) in [6.07, 6.45) is 0. The molecule has 3 rings (SSSR count). The Labute approximate surface area is 145 Å². The number of aromatic nitrogens is 1. The minimum absolute atomic E-state index is 0.151. The second-order valence-electron chi connectivity index (χ2n) is 5.59. The normalized spacial score (nSPS) is 16.5. The Hall–Kier alpha value is -1.08. The van der Waals surface area contributed by atoms with Crippen molar-refractivity contribution in [1.29, 1.82) is 0 Å². The summed E-state index contributed by atoms with van der Waals surface area (Å²) in [6.45, 7) is 3.45. The Kier molecular flexibility index (Phi) is 4.69. The summed E-state index contributed by atoms with van der Waals surface area (Å²) in [4.78, 5) is 4.49. The maximum atomic E-state index is 11.7. The quantitative estimate of drug-likeness (QED) is 0.873. The first kappa shape index (κ1) is 16.8. The number of nitrogens with one attached hydrogen (secondary N) is 1. The number of fused-ring (bicyclic) bond motifs is 1. The molecule has 0 unspecified atom stereocenters. The van der Waals surface area contributed by atoms with Gasteiger partial charge in [0, 0.05) is 30.9 Å². The van der Waals surface area contributed by atoms with Gasteiger partial charge < -0.3 is 5.32 Å². The third kappa shape index (κ3) is 3.40. The fourth-order valence-corrected chi connectivity index (χ4v) is 4.22. The van der Waals surface area contributed by atoms with E-state index >= 15 is 0 Å². The zero-order valence-electron chi connectivity index (χ0n) is 12.6. The molecule has 23 heavy (non-hydrogen) atoms. The fraction of sp³-hybridized carbons (Fsp3) is 0.400. The molecule has 0 bridgehead atoms. The molecule has 2 aromatic rings. The Morgan fingerprint density at radius 2 is 1.91 bits per heavy atom. The van der Waals surface area contributed by atoms with E-state index in [-0.39, 0.29) is 5.75 Å². The number of pyridine rings is 1. The van der Waals surface area contributed by atoms with E-state index < -0.39 is 10.0 Å². The molecule has 2 heterocycles. The first-order valence-electron chi connectivity index (χ1n) is 7.37. The van der Waals surface area contributed by atoms with Gasteiger partial charge in [0.1, 0.15) is 5.82 Å². The highest BCUT2D eigenvalue weighted by Gasteiger charge is 2.34. The molecule has 0 aliphatic carbocycles. The monoisotopic (exact) mass is 373 g/mol. The summed E-state index contributed by atoms with van der Waals surface area (Å²) in [6, 6.07) is 7.21. The number of rotatable bonds is 5. The molecule has 1 aliphatic rings. The van der Waals surface area contributed by atoms with Crippen molar-refractivity contribution >= 4 is 49.9 Å². The number of anilines is 1. The van der Waals surface area contributed by atoms with Gasteiger partial charge in [-0.3, -0.25) is 0 Å². The Morgan fingerprint density at radius 1 is 1.22 bits per heavy atom. The van der Waals surface area contributed by atoms with Gasteiger partial charge in [-0.15, -0.1) is 0 Å². The van der Waals surface area contributed by atoms with Gasteiger partial charge >= 0.3 is 0 Å². The average Bonchev–Trinajstić information content (AvgIpc) is 2.49. The summed E-state index contributed by atoms with van der Waals surface area (Å²) >= 11 is 12.3. The number of nitrogens with zero attached hydrogens (tertiary/aromatic N) is 2. The second kappa shape index (κ2) is 6.43. The van der Waals surface area contributed by atoms with Crippen molar-refractivity contribution in [3.8, 4) is 0 Å². The van der Waals surface area contributed by atoms with E-state index in [1.807, 2.05) is 12.1 Å². The summed E-state index contributed by atoms with van der Waals surface area (Å²) in [5.74, 6) is 1.15. The van der Waals surface area contributed by atoms with E-state index in [0.717, 1.165) is 5.39 Å². The molecule has 0 radical (unpaired) electrons.